The number of aliphatic hydroxyl groups is 1. The molecule has 1 saturated heterocycles. The van der Waals surface area contributed by atoms with Crippen LogP contribution in [0.2, 0.25) is 0 Å². The quantitative estimate of drug-likeness (QED) is 0.734. The number of allylic oxidation sites excluding steroid dienone is 1. The van der Waals surface area contributed by atoms with E-state index in [9.17, 15) is 9.90 Å². The summed E-state index contributed by atoms with van der Waals surface area (Å²) >= 11 is 0. The molecule has 1 heterocycles. The second-order valence-electron chi connectivity index (χ2n) is 5.21. The van der Waals surface area contributed by atoms with Gasteiger partial charge in [-0.3, -0.25) is 4.79 Å². The number of hydrogen-bond acceptors (Lipinski definition) is 3. The molecular formula is C13H22O3. The molecule has 0 amide bonds. The first-order valence-electron chi connectivity index (χ1n) is 5.83. The van der Waals surface area contributed by atoms with Gasteiger partial charge in [-0.05, 0) is 20.8 Å². The van der Waals surface area contributed by atoms with Crippen molar-refractivity contribution in [3.63, 3.8) is 0 Å². The van der Waals surface area contributed by atoms with Crippen molar-refractivity contribution in [2.45, 2.75) is 47.0 Å². The minimum Gasteiger partial charge on any atom is -0.367 e. The molecule has 0 saturated carbocycles. The molecule has 1 unspecified atom stereocenters. The largest absolute Gasteiger partial charge is 0.367 e. The summed E-state index contributed by atoms with van der Waals surface area (Å²) < 4.78 is 5.58. The van der Waals surface area contributed by atoms with Gasteiger partial charge in [0.1, 0.15) is 5.78 Å². The molecule has 1 aliphatic heterocycles. The fourth-order valence-corrected chi connectivity index (χ4v) is 2.29. The van der Waals surface area contributed by atoms with Crippen molar-refractivity contribution in [2.24, 2.45) is 17.3 Å². The topological polar surface area (TPSA) is 46.5 Å². The van der Waals surface area contributed by atoms with Crippen molar-refractivity contribution < 1.29 is 14.6 Å². The van der Waals surface area contributed by atoms with Gasteiger partial charge < -0.3 is 9.84 Å². The highest BCUT2D eigenvalue weighted by Crippen LogP contribution is 2.37. The van der Waals surface area contributed by atoms with E-state index in [1.807, 2.05) is 32.9 Å². The molecule has 4 atom stereocenters. The minimum absolute atomic E-state index is 0.0765. The third-order valence-electron chi connectivity index (χ3n) is 3.46. The van der Waals surface area contributed by atoms with Crippen LogP contribution in [0.25, 0.3) is 0 Å². The predicted octanol–water partition coefficient (Wildman–Crippen LogP) is 2.15. The van der Waals surface area contributed by atoms with E-state index in [1.165, 1.54) is 0 Å². The van der Waals surface area contributed by atoms with E-state index in [2.05, 4.69) is 0 Å². The maximum Gasteiger partial charge on any atom is 0.166 e. The van der Waals surface area contributed by atoms with Gasteiger partial charge in [0.05, 0.1) is 11.5 Å². The number of carbonyl (C=O) groups excluding carboxylic acids is 1. The van der Waals surface area contributed by atoms with Gasteiger partial charge in [0, 0.05) is 11.8 Å². The zero-order valence-corrected chi connectivity index (χ0v) is 10.7. The lowest BCUT2D eigenvalue weighted by Crippen LogP contribution is -2.54. The molecule has 1 N–H and O–H groups in total. The molecule has 3 heteroatoms. The zero-order valence-electron chi connectivity index (χ0n) is 10.7. The average Bonchev–Trinajstić information content (AvgIpc) is 2.21. The fourth-order valence-electron chi connectivity index (χ4n) is 2.29. The summed E-state index contributed by atoms with van der Waals surface area (Å²) in [5, 5.41) is 9.85. The lowest BCUT2D eigenvalue weighted by Gasteiger charge is -2.43. The highest BCUT2D eigenvalue weighted by atomic mass is 16.6. The van der Waals surface area contributed by atoms with Crippen LogP contribution in [0.3, 0.4) is 0 Å². The monoisotopic (exact) mass is 226 g/mol. The van der Waals surface area contributed by atoms with E-state index in [4.69, 9.17) is 4.74 Å². The summed E-state index contributed by atoms with van der Waals surface area (Å²) in [6.07, 6.45) is 2.71. The van der Waals surface area contributed by atoms with Gasteiger partial charge in [0.15, 0.2) is 6.29 Å². The number of hydrogen-bond donors (Lipinski definition) is 1. The van der Waals surface area contributed by atoms with Crippen LogP contribution in [0.1, 0.15) is 34.6 Å². The number of carbonyl (C=O) groups is 1. The summed E-state index contributed by atoms with van der Waals surface area (Å²) in [5.41, 5.74) is -0.800. The van der Waals surface area contributed by atoms with Crippen molar-refractivity contribution in [2.75, 3.05) is 0 Å². The Morgan fingerprint density at radius 3 is 2.56 bits per heavy atom. The Bertz CT molecular complexity index is 294. The van der Waals surface area contributed by atoms with Crippen LogP contribution < -0.4 is 0 Å². The number of ketones is 1. The van der Waals surface area contributed by atoms with Crippen LogP contribution >= 0.6 is 0 Å². The van der Waals surface area contributed by atoms with Crippen molar-refractivity contribution >= 4 is 5.78 Å². The molecule has 0 aliphatic carbocycles. The minimum atomic E-state index is -1.01. The first-order chi connectivity index (χ1) is 7.32. The molecule has 1 fully saturated rings. The van der Waals surface area contributed by atoms with Crippen LogP contribution in [-0.4, -0.2) is 23.3 Å². The number of Topliss-reactive ketones (excluding diaryl/α,β-unsaturated/α-hetero) is 1. The summed E-state index contributed by atoms with van der Waals surface area (Å²) in [5.74, 6) is 0.0342. The molecule has 1 rings (SSSR count). The van der Waals surface area contributed by atoms with Crippen molar-refractivity contribution in [3.8, 4) is 0 Å². The van der Waals surface area contributed by atoms with Crippen molar-refractivity contribution in [3.05, 3.63) is 12.2 Å². The van der Waals surface area contributed by atoms with Gasteiger partial charge in [-0.15, -0.1) is 0 Å². The Morgan fingerprint density at radius 2 is 2.06 bits per heavy atom. The van der Waals surface area contributed by atoms with Crippen molar-refractivity contribution in [1.29, 1.82) is 0 Å². The third kappa shape index (κ3) is 2.20. The molecule has 0 bridgehead atoms. The Hall–Kier alpha value is -0.670. The van der Waals surface area contributed by atoms with Gasteiger partial charge in [0.2, 0.25) is 0 Å². The summed E-state index contributed by atoms with van der Waals surface area (Å²) in [6, 6.07) is 0. The summed E-state index contributed by atoms with van der Waals surface area (Å²) in [4.78, 5) is 12.1. The zero-order chi connectivity index (χ0) is 12.5. The molecule has 0 radical (unpaired) electrons. The maximum absolute atomic E-state index is 12.1. The fraction of sp³-hybridized carbons (Fsp3) is 0.769. The molecule has 0 spiro atoms. The molecular weight excluding hydrogens is 204 g/mol. The van der Waals surface area contributed by atoms with E-state index in [0.29, 0.717) is 0 Å². The van der Waals surface area contributed by atoms with Crippen LogP contribution in [0.5, 0.6) is 0 Å². The first kappa shape index (κ1) is 13.4. The highest BCUT2D eigenvalue weighted by Gasteiger charge is 2.48. The first-order valence-corrected chi connectivity index (χ1v) is 5.83. The Morgan fingerprint density at radius 1 is 1.50 bits per heavy atom. The molecule has 1 aliphatic rings. The van der Waals surface area contributed by atoms with Crippen LogP contribution in [-0.2, 0) is 9.53 Å². The van der Waals surface area contributed by atoms with Gasteiger partial charge in [-0.25, -0.2) is 0 Å². The molecule has 16 heavy (non-hydrogen) atoms. The van der Waals surface area contributed by atoms with E-state index in [0.717, 1.165) is 0 Å². The van der Waals surface area contributed by atoms with Crippen molar-refractivity contribution in [1.82, 2.24) is 0 Å². The average molecular weight is 226 g/mol. The smallest absolute Gasteiger partial charge is 0.166 e. The number of aliphatic hydroxyl groups excluding tert-OH is 1. The van der Waals surface area contributed by atoms with Crippen LogP contribution in [0.15, 0.2) is 12.2 Å². The molecule has 0 aromatic rings. The van der Waals surface area contributed by atoms with Crippen LogP contribution in [0.4, 0.5) is 0 Å². The lowest BCUT2D eigenvalue weighted by atomic mass is 9.74. The molecule has 0 aromatic carbocycles. The predicted molar refractivity (Wildman–Crippen MR) is 62.8 cm³/mol. The maximum atomic E-state index is 12.1. The Kier molecular flexibility index (Phi) is 3.92. The van der Waals surface area contributed by atoms with Gasteiger partial charge in [-0.1, -0.05) is 26.0 Å². The van der Waals surface area contributed by atoms with Gasteiger partial charge in [0.25, 0.3) is 0 Å². The van der Waals surface area contributed by atoms with E-state index >= 15 is 0 Å². The normalized spacial score (nSPS) is 36.6. The van der Waals surface area contributed by atoms with Gasteiger partial charge >= 0.3 is 0 Å². The standard InChI is InChI=1S/C13H22O3/c1-6-7-8(2)10-9(3)11(14)13(4,5)12(15)16-10/h6-10,12,15H,1-5H3/b7-6+/t8-,9+,10-,12?/m0/s1. The SMILES string of the molecule is C/C=C/[C@H](C)[C@@H]1OC(O)C(C)(C)C(=O)[C@@H]1C. The van der Waals surface area contributed by atoms with E-state index < -0.39 is 11.7 Å². The second-order valence-corrected chi connectivity index (χ2v) is 5.21. The molecule has 0 aromatic heterocycles. The highest BCUT2D eigenvalue weighted by molar-refractivity contribution is 5.87. The lowest BCUT2D eigenvalue weighted by molar-refractivity contribution is -0.233. The summed E-state index contributed by atoms with van der Waals surface area (Å²) in [6.45, 7) is 9.27. The number of ether oxygens (including phenoxy) is 1. The molecule has 92 valence electrons. The Balaban J connectivity index is 2.89. The second kappa shape index (κ2) is 4.68. The Labute approximate surface area is 97.5 Å². The van der Waals surface area contributed by atoms with E-state index in [1.54, 1.807) is 13.8 Å². The van der Waals surface area contributed by atoms with Gasteiger partial charge in [-0.2, -0.15) is 0 Å². The third-order valence-corrected chi connectivity index (χ3v) is 3.46. The molecule has 3 nitrogen and oxygen atoms in total. The number of rotatable bonds is 2. The van der Waals surface area contributed by atoms with Crippen LogP contribution in [0, 0.1) is 17.3 Å². The van der Waals surface area contributed by atoms with E-state index in [-0.39, 0.29) is 23.7 Å². The summed E-state index contributed by atoms with van der Waals surface area (Å²) in [7, 11) is 0.